The Hall–Kier alpha value is -2.92. The van der Waals surface area contributed by atoms with Crippen molar-refractivity contribution < 1.29 is 0 Å². The molecule has 0 saturated carbocycles. The molecule has 6 heteroatoms. The molecule has 0 radical (unpaired) electrons. The topological polar surface area (TPSA) is 41.1 Å². The largest absolute Gasteiger partial charge is 0.324 e. The number of rotatable bonds is 6. The number of nitrogens with one attached hydrogen (secondary N) is 1. The molecule has 6 rings (SSSR count). The second-order valence-corrected chi connectivity index (χ2v) is 10.9. The van der Waals surface area contributed by atoms with Gasteiger partial charge in [-0.25, -0.2) is 9.97 Å². The van der Waals surface area contributed by atoms with E-state index in [1.807, 2.05) is 18.3 Å². The highest BCUT2D eigenvalue weighted by Gasteiger charge is 2.27. The van der Waals surface area contributed by atoms with Crippen molar-refractivity contribution in [2.24, 2.45) is 0 Å². The van der Waals surface area contributed by atoms with E-state index in [1.165, 1.54) is 43.5 Å². The third kappa shape index (κ3) is 5.38. The van der Waals surface area contributed by atoms with Gasteiger partial charge in [0.2, 0.25) is 5.95 Å². The zero-order valence-electron chi connectivity index (χ0n) is 20.8. The van der Waals surface area contributed by atoms with E-state index in [0.29, 0.717) is 16.0 Å². The van der Waals surface area contributed by atoms with E-state index >= 15 is 0 Å². The molecule has 1 N–H and O–H groups in total. The van der Waals surface area contributed by atoms with Crippen molar-refractivity contribution in [3.05, 3.63) is 105 Å². The first kappa shape index (κ1) is 24.4. The van der Waals surface area contributed by atoms with Crippen molar-refractivity contribution in [3.63, 3.8) is 0 Å². The predicted octanol–water partition coefficient (Wildman–Crippen LogP) is 7.91. The Morgan fingerprint density at radius 1 is 0.892 bits per heavy atom. The molecule has 0 bridgehead atoms. The van der Waals surface area contributed by atoms with Gasteiger partial charge in [0.1, 0.15) is 0 Å². The van der Waals surface area contributed by atoms with E-state index in [9.17, 15) is 0 Å². The first-order chi connectivity index (χ1) is 18.1. The third-order valence-corrected chi connectivity index (χ3v) is 8.31. The van der Waals surface area contributed by atoms with Gasteiger partial charge in [0.05, 0.1) is 15.7 Å². The van der Waals surface area contributed by atoms with E-state index in [4.69, 9.17) is 33.2 Å². The van der Waals surface area contributed by atoms with Gasteiger partial charge in [-0.2, -0.15) is 0 Å². The van der Waals surface area contributed by atoms with Crippen LogP contribution in [0, 0.1) is 0 Å². The van der Waals surface area contributed by atoms with Crippen LogP contribution in [-0.4, -0.2) is 34.5 Å². The van der Waals surface area contributed by atoms with Crippen LogP contribution >= 0.6 is 23.2 Å². The molecular weight excluding hydrogens is 499 g/mol. The van der Waals surface area contributed by atoms with Gasteiger partial charge in [-0.3, -0.25) is 0 Å². The minimum Gasteiger partial charge on any atom is -0.324 e. The van der Waals surface area contributed by atoms with Gasteiger partial charge in [0.25, 0.3) is 0 Å². The lowest BCUT2D eigenvalue weighted by Gasteiger charge is -2.28. The highest BCUT2D eigenvalue weighted by atomic mass is 35.5. The van der Waals surface area contributed by atoms with Crippen molar-refractivity contribution in [3.8, 4) is 11.3 Å². The monoisotopic (exact) mass is 528 g/mol. The SMILES string of the molecule is Clc1ccc(C2Cc3cnc(Nc4cccc(CCN5CCCCC5)c4)nc3-c3ccccc32)cc1Cl. The normalized spacial score (nSPS) is 17.2. The van der Waals surface area contributed by atoms with Crippen molar-refractivity contribution in [1.82, 2.24) is 14.9 Å². The van der Waals surface area contributed by atoms with E-state index in [0.717, 1.165) is 47.5 Å². The molecule has 1 aliphatic heterocycles. The maximum absolute atomic E-state index is 6.36. The molecule has 4 aromatic rings. The molecule has 1 unspecified atom stereocenters. The van der Waals surface area contributed by atoms with E-state index < -0.39 is 0 Å². The predicted molar refractivity (Wildman–Crippen MR) is 153 cm³/mol. The van der Waals surface area contributed by atoms with Crippen molar-refractivity contribution >= 4 is 34.8 Å². The molecule has 2 heterocycles. The van der Waals surface area contributed by atoms with Gasteiger partial charge < -0.3 is 10.2 Å². The van der Waals surface area contributed by atoms with Gasteiger partial charge >= 0.3 is 0 Å². The summed E-state index contributed by atoms with van der Waals surface area (Å²) in [5, 5.41) is 4.61. The number of hydrogen-bond donors (Lipinski definition) is 1. The van der Waals surface area contributed by atoms with Crippen LogP contribution in [0.3, 0.4) is 0 Å². The Labute approximate surface area is 228 Å². The number of nitrogens with zero attached hydrogens (tertiary/aromatic N) is 3. The molecule has 0 amide bonds. The zero-order valence-corrected chi connectivity index (χ0v) is 22.3. The average Bonchev–Trinajstić information content (AvgIpc) is 2.94. The zero-order chi connectivity index (χ0) is 25.2. The fourth-order valence-electron chi connectivity index (χ4n) is 5.63. The molecule has 37 heavy (non-hydrogen) atoms. The van der Waals surface area contributed by atoms with Crippen LogP contribution in [0.25, 0.3) is 11.3 Å². The molecule has 1 atom stereocenters. The highest BCUT2D eigenvalue weighted by molar-refractivity contribution is 6.42. The molecule has 1 aromatic heterocycles. The minimum absolute atomic E-state index is 0.178. The number of aromatic nitrogens is 2. The number of halogens is 2. The fraction of sp³-hybridized carbons (Fsp3) is 0.290. The number of fused-ring (bicyclic) bond motifs is 3. The summed E-state index contributed by atoms with van der Waals surface area (Å²) in [4.78, 5) is 12.3. The summed E-state index contributed by atoms with van der Waals surface area (Å²) in [7, 11) is 0. The van der Waals surface area contributed by atoms with Crippen LogP contribution in [0.2, 0.25) is 10.0 Å². The van der Waals surface area contributed by atoms with Gasteiger partial charge in [-0.15, -0.1) is 0 Å². The standard InChI is InChI=1S/C31H30Cl2N4/c32-28-12-11-22(19-29(28)33)27-18-23-20-34-31(36-30(23)26-10-3-2-9-25(26)27)35-24-8-6-7-21(17-24)13-16-37-14-4-1-5-15-37/h2-3,6-12,17,19-20,27H,1,4-5,13-16,18H2,(H,34,35,36). The Morgan fingerprint density at radius 2 is 1.76 bits per heavy atom. The van der Waals surface area contributed by atoms with Crippen LogP contribution in [0.4, 0.5) is 11.6 Å². The first-order valence-corrected chi connectivity index (χ1v) is 13.9. The maximum Gasteiger partial charge on any atom is 0.227 e. The molecule has 1 fully saturated rings. The Kier molecular flexibility index (Phi) is 7.14. The Morgan fingerprint density at radius 3 is 2.62 bits per heavy atom. The summed E-state index contributed by atoms with van der Waals surface area (Å²) in [6.07, 6.45) is 7.87. The molecule has 2 aliphatic rings. The quantitative estimate of drug-likeness (QED) is 0.276. The van der Waals surface area contributed by atoms with Gasteiger partial charge in [-0.1, -0.05) is 72.1 Å². The molecule has 4 nitrogen and oxygen atoms in total. The van der Waals surface area contributed by atoms with Gasteiger partial charge in [0, 0.05) is 29.9 Å². The molecule has 0 spiro atoms. The van der Waals surface area contributed by atoms with Gasteiger partial charge in [-0.05, 0) is 85.3 Å². The summed E-state index contributed by atoms with van der Waals surface area (Å²) in [6.45, 7) is 3.58. The van der Waals surface area contributed by atoms with Crippen LogP contribution in [-0.2, 0) is 12.8 Å². The molecule has 188 valence electrons. The number of likely N-dealkylation sites (tertiary alicyclic amines) is 1. The Bertz CT molecular complexity index is 1410. The lowest BCUT2D eigenvalue weighted by molar-refractivity contribution is 0.231. The minimum atomic E-state index is 0.178. The summed E-state index contributed by atoms with van der Waals surface area (Å²) in [6, 6.07) is 23.0. The molecule has 1 saturated heterocycles. The van der Waals surface area contributed by atoms with Crippen LogP contribution < -0.4 is 5.32 Å². The number of anilines is 2. The maximum atomic E-state index is 6.36. The lowest BCUT2D eigenvalue weighted by Crippen LogP contribution is -2.31. The van der Waals surface area contributed by atoms with Crippen molar-refractivity contribution in [1.29, 1.82) is 0 Å². The van der Waals surface area contributed by atoms with E-state index in [2.05, 4.69) is 64.8 Å². The average molecular weight is 530 g/mol. The molecule has 3 aromatic carbocycles. The first-order valence-electron chi connectivity index (χ1n) is 13.1. The second-order valence-electron chi connectivity index (χ2n) is 10.1. The molecular formula is C31H30Cl2N4. The number of hydrogen-bond acceptors (Lipinski definition) is 4. The second kappa shape index (κ2) is 10.8. The molecule has 1 aliphatic carbocycles. The highest BCUT2D eigenvalue weighted by Crippen LogP contribution is 2.43. The van der Waals surface area contributed by atoms with E-state index in [-0.39, 0.29) is 5.92 Å². The van der Waals surface area contributed by atoms with Crippen molar-refractivity contribution in [2.75, 3.05) is 25.0 Å². The lowest BCUT2D eigenvalue weighted by atomic mass is 9.78. The van der Waals surface area contributed by atoms with Crippen LogP contribution in [0.15, 0.2) is 72.9 Å². The summed E-state index contributed by atoms with van der Waals surface area (Å²) >= 11 is 12.5. The Balaban J connectivity index is 1.23. The smallest absolute Gasteiger partial charge is 0.227 e. The third-order valence-electron chi connectivity index (χ3n) is 7.57. The van der Waals surface area contributed by atoms with Crippen LogP contribution in [0.1, 0.15) is 47.4 Å². The number of piperidine rings is 1. The summed E-state index contributed by atoms with van der Waals surface area (Å²) < 4.78 is 0. The van der Waals surface area contributed by atoms with Crippen LogP contribution in [0.5, 0.6) is 0 Å². The number of benzene rings is 3. The summed E-state index contributed by atoms with van der Waals surface area (Å²) in [5.41, 5.74) is 8.02. The summed E-state index contributed by atoms with van der Waals surface area (Å²) in [5.74, 6) is 0.798. The van der Waals surface area contributed by atoms with Crippen molar-refractivity contribution in [2.45, 2.75) is 38.0 Å². The van der Waals surface area contributed by atoms with E-state index in [1.54, 1.807) is 0 Å². The van der Waals surface area contributed by atoms with Gasteiger partial charge in [0.15, 0.2) is 0 Å². The fourth-order valence-corrected chi connectivity index (χ4v) is 5.93.